The van der Waals surface area contributed by atoms with Gasteiger partial charge in [0, 0.05) is 12.7 Å². The van der Waals surface area contributed by atoms with Crippen LogP contribution in [0.25, 0.3) is 0 Å². The lowest BCUT2D eigenvalue weighted by Gasteiger charge is -2.35. The third-order valence-corrected chi connectivity index (χ3v) is 2.93. The van der Waals surface area contributed by atoms with Crippen LogP contribution in [0.15, 0.2) is 24.3 Å². The Morgan fingerprint density at radius 2 is 1.72 bits per heavy atom. The van der Waals surface area contributed by atoms with Crippen LogP contribution in [0, 0.1) is 0 Å². The molecule has 0 aliphatic carbocycles. The Labute approximate surface area is 103 Å². The second kappa shape index (κ2) is 4.51. The molecule has 0 unspecified atom stereocenters. The van der Waals surface area contributed by atoms with E-state index in [4.69, 9.17) is 5.11 Å². The number of nitrogens with zero attached hydrogens (tertiary/aromatic N) is 1. The summed E-state index contributed by atoms with van der Waals surface area (Å²) < 4.78 is 38.5. The van der Waals surface area contributed by atoms with Gasteiger partial charge in [-0.15, -0.1) is 0 Å². The Morgan fingerprint density at radius 3 is 2.17 bits per heavy atom. The predicted octanol–water partition coefficient (Wildman–Crippen LogP) is 3.00. The van der Waals surface area contributed by atoms with Crippen molar-refractivity contribution >= 4 is 11.7 Å². The molecule has 0 saturated carbocycles. The van der Waals surface area contributed by atoms with Gasteiger partial charge in [0.05, 0.1) is 5.56 Å². The van der Waals surface area contributed by atoms with Gasteiger partial charge < -0.3 is 10.0 Å². The van der Waals surface area contributed by atoms with E-state index in [1.807, 2.05) is 0 Å². The monoisotopic (exact) mass is 261 g/mol. The molecular weight excluding hydrogens is 247 g/mol. The van der Waals surface area contributed by atoms with Crippen molar-refractivity contribution in [1.82, 2.24) is 0 Å². The fourth-order valence-electron chi connectivity index (χ4n) is 1.45. The molecule has 0 bridgehead atoms. The van der Waals surface area contributed by atoms with Gasteiger partial charge in [-0.2, -0.15) is 13.2 Å². The fourth-order valence-corrected chi connectivity index (χ4v) is 1.45. The van der Waals surface area contributed by atoms with Gasteiger partial charge in [0.25, 0.3) is 0 Å². The molecule has 6 heteroatoms. The first-order valence-corrected chi connectivity index (χ1v) is 5.22. The minimum Gasteiger partial charge on any atom is -0.480 e. The van der Waals surface area contributed by atoms with E-state index in [2.05, 4.69) is 0 Å². The average Bonchev–Trinajstić information content (AvgIpc) is 2.26. The summed E-state index contributed by atoms with van der Waals surface area (Å²) in [7, 11) is 1.33. The molecule has 0 fully saturated rings. The van der Waals surface area contributed by atoms with Gasteiger partial charge in [-0.3, -0.25) is 0 Å². The molecule has 0 radical (unpaired) electrons. The molecule has 3 nitrogen and oxygen atoms in total. The highest BCUT2D eigenvalue weighted by Crippen LogP contribution is 2.37. The Bertz CT molecular complexity index is 455. The molecular formula is C12H14F3NO2. The largest absolute Gasteiger partial charge is 0.480 e. The molecule has 100 valence electrons. The molecule has 0 aromatic heterocycles. The molecule has 0 saturated heterocycles. The SMILES string of the molecule is CN(c1ccccc1C(F)(F)F)C(C)(C)C(=O)O. The molecule has 0 aliphatic heterocycles. The Morgan fingerprint density at radius 1 is 1.22 bits per heavy atom. The van der Waals surface area contributed by atoms with Crippen molar-refractivity contribution in [3.05, 3.63) is 29.8 Å². The molecule has 0 heterocycles. The van der Waals surface area contributed by atoms with E-state index >= 15 is 0 Å². The number of anilines is 1. The molecule has 1 rings (SSSR count). The highest BCUT2D eigenvalue weighted by atomic mass is 19.4. The summed E-state index contributed by atoms with van der Waals surface area (Å²) in [5.41, 5.74) is -2.43. The summed E-state index contributed by atoms with van der Waals surface area (Å²) in [6, 6.07) is 4.91. The quantitative estimate of drug-likeness (QED) is 0.909. The van der Waals surface area contributed by atoms with E-state index in [9.17, 15) is 18.0 Å². The highest BCUT2D eigenvalue weighted by molar-refractivity contribution is 5.82. The number of alkyl halides is 3. The summed E-state index contributed by atoms with van der Waals surface area (Å²) in [6.45, 7) is 2.70. The van der Waals surface area contributed by atoms with Crippen LogP contribution in [0.1, 0.15) is 19.4 Å². The number of carboxylic acids is 1. The van der Waals surface area contributed by atoms with Crippen molar-refractivity contribution < 1.29 is 23.1 Å². The number of likely N-dealkylation sites (N-methyl/N-ethyl adjacent to an activating group) is 1. The second-order valence-corrected chi connectivity index (χ2v) is 4.44. The van der Waals surface area contributed by atoms with E-state index in [0.29, 0.717) is 0 Å². The van der Waals surface area contributed by atoms with Crippen LogP contribution in [0.4, 0.5) is 18.9 Å². The zero-order valence-corrected chi connectivity index (χ0v) is 10.2. The van der Waals surface area contributed by atoms with Crippen molar-refractivity contribution in [2.75, 3.05) is 11.9 Å². The van der Waals surface area contributed by atoms with E-state index in [-0.39, 0.29) is 5.69 Å². The third-order valence-electron chi connectivity index (χ3n) is 2.93. The first-order valence-electron chi connectivity index (χ1n) is 5.22. The van der Waals surface area contributed by atoms with Gasteiger partial charge in [-0.05, 0) is 26.0 Å². The smallest absolute Gasteiger partial charge is 0.418 e. The van der Waals surface area contributed by atoms with Crippen LogP contribution < -0.4 is 4.90 Å². The molecule has 18 heavy (non-hydrogen) atoms. The van der Waals surface area contributed by atoms with Gasteiger partial charge in [0.1, 0.15) is 5.54 Å². The number of aliphatic carboxylic acids is 1. The first kappa shape index (κ1) is 14.3. The maximum atomic E-state index is 12.8. The maximum Gasteiger partial charge on any atom is 0.418 e. The molecule has 0 amide bonds. The number of benzene rings is 1. The third kappa shape index (κ3) is 2.57. The Balaban J connectivity index is 3.31. The molecule has 0 spiro atoms. The molecule has 1 aromatic rings. The van der Waals surface area contributed by atoms with Gasteiger partial charge in [-0.1, -0.05) is 12.1 Å². The molecule has 0 aliphatic rings. The van der Waals surface area contributed by atoms with Gasteiger partial charge in [-0.25, -0.2) is 4.79 Å². The minimum atomic E-state index is -4.51. The minimum absolute atomic E-state index is 0.155. The van der Waals surface area contributed by atoms with Crippen LogP contribution in [-0.2, 0) is 11.0 Å². The van der Waals surface area contributed by atoms with Crippen LogP contribution in [0.3, 0.4) is 0 Å². The maximum absolute atomic E-state index is 12.8. The van der Waals surface area contributed by atoms with Crippen molar-refractivity contribution in [1.29, 1.82) is 0 Å². The van der Waals surface area contributed by atoms with E-state index in [1.54, 1.807) is 0 Å². The summed E-state index contributed by atoms with van der Waals surface area (Å²) in [5, 5.41) is 9.04. The predicted molar refractivity (Wildman–Crippen MR) is 61.6 cm³/mol. The van der Waals surface area contributed by atoms with Crippen molar-refractivity contribution in [2.24, 2.45) is 0 Å². The van der Waals surface area contributed by atoms with Crippen LogP contribution in [-0.4, -0.2) is 23.7 Å². The summed E-state index contributed by atoms with van der Waals surface area (Å²) >= 11 is 0. The van der Waals surface area contributed by atoms with E-state index < -0.39 is 23.2 Å². The number of rotatable bonds is 3. The summed E-state index contributed by atoms with van der Waals surface area (Å²) in [4.78, 5) is 12.2. The van der Waals surface area contributed by atoms with E-state index in [1.165, 1.54) is 39.1 Å². The molecule has 1 N–H and O–H groups in total. The first-order chi connectivity index (χ1) is 8.08. The zero-order chi connectivity index (χ0) is 14.1. The number of carbonyl (C=O) groups is 1. The number of carboxylic acid groups (broad SMARTS) is 1. The lowest BCUT2D eigenvalue weighted by molar-refractivity contribution is -0.143. The second-order valence-electron chi connectivity index (χ2n) is 4.44. The lowest BCUT2D eigenvalue weighted by atomic mass is 10.0. The van der Waals surface area contributed by atoms with Crippen LogP contribution in [0.5, 0.6) is 0 Å². The summed E-state index contributed by atoms with van der Waals surface area (Å²) in [5.74, 6) is -1.19. The van der Waals surface area contributed by atoms with Gasteiger partial charge in [0.2, 0.25) is 0 Å². The number of halogens is 3. The van der Waals surface area contributed by atoms with Crippen LogP contribution >= 0.6 is 0 Å². The van der Waals surface area contributed by atoms with E-state index in [0.717, 1.165) is 11.0 Å². The van der Waals surface area contributed by atoms with Gasteiger partial charge in [0.15, 0.2) is 0 Å². The highest BCUT2D eigenvalue weighted by Gasteiger charge is 2.39. The topological polar surface area (TPSA) is 40.5 Å². The lowest BCUT2D eigenvalue weighted by Crippen LogP contribution is -2.48. The normalized spacial score (nSPS) is 12.3. The van der Waals surface area contributed by atoms with Crippen molar-refractivity contribution in [2.45, 2.75) is 25.6 Å². The Kier molecular flexibility index (Phi) is 3.59. The van der Waals surface area contributed by atoms with Crippen molar-refractivity contribution in [3.8, 4) is 0 Å². The molecule has 0 atom stereocenters. The van der Waals surface area contributed by atoms with Crippen LogP contribution in [0.2, 0.25) is 0 Å². The summed E-state index contributed by atoms with van der Waals surface area (Å²) in [6.07, 6.45) is -4.51. The molecule has 1 aromatic carbocycles. The van der Waals surface area contributed by atoms with Gasteiger partial charge >= 0.3 is 12.1 Å². The zero-order valence-electron chi connectivity index (χ0n) is 10.2. The standard InChI is InChI=1S/C12H14F3NO2/c1-11(2,10(17)18)16(3)9-7-5-4-6-8(9)12(13,14)15/h4-7H,1-3H3,(H,17,18). The number of hydrogen-bond donors (Lipinski definition) is 1. The number of para-hydroxylation sites is 1. The van der Waals surface area contributed by atoms with Crippen molar-refractivity contribution in [3.63, 3.8) is 0 Å². The number of hydrogen-bond acceptors (Lipinski definition) is 2. The Hall–Kier alpha value is -1.72. The average molecular weight is 261 g/mol. The fraction of sp³-hybridized carbons (Fsp3) is 0.417.